The summed E-state index contributed by atoms with van der Waals surface area (Å²) >= 11 is 0. The highest BCUT2D eigenvalue weighted by Crippen LogP contribution is 2.44. The first-order chi connectivity index (χ1) is 9.81. The lowest BCUT2D eigenvalue weighted by Crippen LogP contribution is -2.56. The van der Waals surface area contributed by atoms with Gasteiger partial charge in [-0.25, -0.2) is 0 Å². The van der Waals surface area contributed by atoms with Crippen LogP contribution in [0.15, 0.2) is 0 Å². The van der Waals surface area contributed by atoms with Crippen LogP contribution >= 0.6 is 0 Å². The molecule has 0 aliphatic carbocycles. The third kappa shape index (κ3) is 3.11. The van der Waals surface area contributed by atoms with Crippen LogP contribution in [0.2, 0.25) is 0 Å². The van der Waals surface area contributed by atoms with Gasteiger partial charge in [-0.2, -0.15) is 0 Å². The van der Waals surface area contributed by atoms with Crippen LogP contribution in [0.4, 0.5) is 0 Å². The summed E-state index contributed by atoms with van der Waals surface area (Å²) in [6.07, 6.45) is -0.334. The largest absolute Gasteiger partial charge is 0.379 e. The molecule has 3 aliphatic heterocycles. The standard InChI is InChI=1S/C15H26O6/c1-6-7-16-8-9-10-11(19-14(2,3)18-10)12-13(17-9)21-15(4,5)20-12/h9-13H,6-8H2,1-5H3/t9-,10+,11-,12+,13-/m0/s1. The van der Waals surface area contributed by atoms with Crippen LogP contribution in [0.25, 0.3) is 0 Å². The fourth-order valence-corrected chi connectivity index (χ4v) is 3.17. The summed E-state index contributed by atoms with van der Waals surface area (Å²) < 4.78 is 35.5. The summed E-state index contributed by atoms with van der Waals surface area (Å²) in [6.45, 7) is 10.8. The first-order valence-corrected chi connectivity index (χ1v) is 7.76. The molecule has 5 atom stereocenters. The highest BCUT2D eigenvalue weighted by molar-refractivity contribution is 4.99. The van der Waals surface area contributed by atoms with E-state index in [2.05, 4.69) is 6.92 Å². The van der Waals surface area contributed by atoms with Gasteiger partial charge in [-0.15, -0.1) is 0 Å². The van der Waals surface area contributed by atoms with E-state index >= 15 is 0 Å². The Balaban J connectivity index is 1.75. The normalized spacial score (nSPS) is 43.6. The average molecular weight is 302 g/mol. The predicted molar refractivity (Wildman–Crippen MR) is 73.6 cm³/mol. The molecule has 0 unspecified atom stereocenters. The molecule has 0 bridgehead atoms. The second-order valence-electron chi connectivity index (χ2n) is 6.78. The summed E-state index contributed by atoms with van der Waals surface area (Å²) in [7, 11) is 0. The van der Waals surface area contributed by atoms with E-state index in [0.717, 1.165) is 6.42 Å². The van der Waals surface area contributed by atoms with E-state index in [1.807, 2.05) is 27.7 Å². The monoisotopic (exact) mass is 302 g/mol. The van der Waals surface area contributed by atoms with E-state index in [1.165, 1.54) is 0 Å². The van der Waals surface area contributed by atoms with Gasteiger partial charge >= 0.3 is 0 Å². The van der Waals surface area contributed by atoms with Crippen molar-refractivity contribution in [3.63, 3.8) is 0 Å². The molecular weight excluding hydrogens is 276 g/mol. The van der Waals surface area contributed by atoms with Crippen molar-refractivity contribution in [1.29, 1.82) is 0 Å². The van der Waals surface area contributed by atoms with E-state index in [0.29, 0.717) is 13.2 Å². The Hall–Kier alpha value is -0.240. The van der Waals surface area contributed by atoms with Crippen molar-refractivity contribution in [3.8, 4) is 0 Å². The van der Waals surface area contributed by atoms with Crippen molar-refractivity contribution in [2.75, 3.05) is 13.2 Å². The Labute approximate surface area is 126 Å². The first kappa shape index (κ1) is 15.6. The van der Waals surface area contributed by atoms with Crippen molar-refractivity contribution in [2.45, 2.75) is 83.3 Å². The number of hydrogen-bond donors (Lipinski definition) is 0. The summed E-state index contributed by atoms with van der Waals surface area (Å²) in [5.41, 5.74) is 0. The molecule has 0 aromatic rings. The minimum absolute atomic E-state index is 0.198. The van der Waals surface area contributed by atoms with Crippen LogP contribution in [0, 0.1) is 0 Å². The van der Waals surface area contributed by atoms with Gasteiger partial charge in [0.05, 0.1) is 6.61 Å². The SMILES string of the molecule is CCCOC[C@@H]1O[C@H]2OC(C)(C)O[C@@H]2[C@H]2OC(C)(C)O[C@@H]21. The highest BCUT2D eigenvalue weighted by Gasteiger charge is 2.60. The Morgan fingerprint density at radius 3 is 2.19 bits per heavy atom. The Morgan fingerprint density at radius 2 is 1.48 bits per heavy atom. The fourth-order valence-electron chi connectivity index (χ4n) is 3.17. The van der Waals surface area contributed by atoms with Gasteiger partial charge < -0.3 is 28.4 Å². The predicted octanol–water partition coefficient (Wildman–Crippen LogP) is 1.81. The van der Waals surface area contributed by atoms with Crippen molar-refractivity contribution in [2.24, 2.45) is 0 Å². The van der Waals surface area contributed by atoms with E-state index in [9.17, 15) is 0 Å². The van der Waals surface area contributed by atoms with E-state index in [1.54, 1.807) is 0 Å². The van der Waals surface area contributed by atoms with Crippen molar-refractivity contribution < 1.29 is 28.4 Å². The van der Waals surface area contributed by atoms with Crippen molar-refractivity contribution in [1.82, 2.24) is 0 Å². The third-order valence-electron chi connectivity index (χ3n) is 3.88. The molecule has 6 nitrogen and oxygen atoms in total. The van der Waals surface area contributed by atoms with E-state index < -0.39 is 17.9 Å². The second-order valence-corrected chi connectivity index (χ2v) is 6.78. The maximum absolute atomic E-state index is 6.03. The third-order valence-corrected chi connectivity index (χ3v) is 3.88. The molecule has 3 rings (SSSR count). The lowest BCUT2D eigenvalue weighted by Gasteiger charge is -2.37. The van der Waals surface area contributed by atoms with Crippen molar-refractivity contribution in [3.05, 3.63) is 0 Å². The number of fused-ring (bicyclic) bond motifs is 3. The zero-order chi connectivity index (χ0) is 15.3. The van der Waals surface area contributed by atoms with Crippen LogP contribution in [-0.4, -0.2) is 55.5 Å². The van der Waals surface area contributed by atoms with Gasteiger partial charge in [0.25, 0.3) is 0 Å². The average Bonchev–Trinajstić information content (AvgIpc) is 2.84. The zero-order valence-electron chi connectivity index (χ0n) is 13.5. The van der Waals surface area contributed by atoms with Crippen LogP contribution in [0.1, 0.15) is 41.0 Å². The van der Waals surface area contributed by atoms with Gasteiger partial charge in [0.1, 0.15) is 24.4 Å². The molecule has 3 heterocycles. The zero-order valence-corrected chi connectivity index (χ0v) is 13.5. The molecule has 3 saturated heterocycles. The van der Waals surface area contributed by atoms with Gasteiger partial charge in [0.15, 0.2) is 17.9 Å². The van der Waals surface area contributed by atoms with E-state index in [-0.39, 0.29) is 24.4 Å². The van der Waals surface area contributed by atoms with Crippen LogP contribution in [0.5, 0.6) is 0 Å². The van der Waals surface area contributed by atoms with Crippen molar-refractivity contribution >= 4 is 0 Å². The topological polar surface area (TPSA) is 55.4 Å². The summed E-state index contributed by atoms with van der Waals surface area (Å²) in [5, 5.41) is 0. The quantitative estimate of drug-likeness (QED) is 0.738. The molecule has 122 valence electrons. The Morgan fingerprint density at radius 1 is 0.857 bits per heavy atom. The van der Waals surface area contributed by atoms with Gasteiger partial charge in [0, 0.05) is 6.61 Å². The van der Waals surface area contributed by atoms with Crippen LogP contribution in [0.3, 0.4) is 0 Å². The molecular formula is C15H26O6. The minimum atomic E-state index is -0.671. The molecule has 6 heteroatoms. The molecule has 21 heavy (non-hydrogen) atoms. The number of hydrogen-bond acceptors (Lipinski definition) is 6. The Kier molecular flexibility index (Phi) is 4.05. The minimum Gasteiger partial charge on any atom is -0.379 e. The molecule has 0 aromatic carbocycles. The number of rotatable bonds is 4. The molecule has 3 fully saturated rings. The molecule has 0 aromatic heterocycles. The lowest BCUT2D eigenvalue weighted by atomic mass is 9.99. The highest BCUT2D eigenvalue weighted by atomic mass is 16.9. The molecule has 0 radical (unpaired) electrons. The maximum atomic E-state index is 6.03. The Bertz CT molecular complexity index is 382. The van der Waals surface area contributed by atoms with Gasteiger partial charge in [-0.3, -0.25) is 0 Å². The van der Waals surface area contributed by atoms with Gasteiger partial charge in [-0.05, 0) is 34.1 Å². The summed E-state index contributed by atoms with van der Waals surface area (Å²) in [5.74, 6) is -1.32. The molecule has 0 spiro atoms. The molecule has 0 N–H and O–H groups in total. The van der Waals surface area contributed by atoms with E-state index in [4.69, 9.17) is 28.4 Å². The molecule has 3 aliphatic rings. The smallest absolute Gasteiger partial charge is 0.190 e. The van der Waals surface area contributed by atoms with Gasteiger partial charge in [0.2, 0.25) is 0 Å². The first-order valence-electron chi connectivity index (χ1n) is 7.76. The number of ether oxygens (including phenoxy) is 6. The lowest BCUT2D eigenvalue weighted by molar-refractivity contribution is -0.243. The fraction of sp³-hybridized carbons (Fsp3) is 1.00. The summed E-state index contributed by atoms with van der Waals surface area (Å²) in [4.78, 5) is 0. The maximum Gasteiger partial charge on any atom is 0.190 e. The van der Waals surface area contributed by atoms with Crippen LogP contribution in [-0.2, 0) is 28.4 Å². The van der Waals surface area contributed by atoms with Gasteiger partial charge in [-0.1, -0.05) is 6.92 Å². The summed E-state index contributed by atoms with van der Waals surface area (Å²) in [6, 6.07) is 0. The molecule has 0 saturated carbocycles. The second kappa shape index (κ2) is 5.44. The molecule has 0 amide bonds. The van der Waals surface area contributed by atoms with Crippen LogP contribution < -0.4 is 0 Å².